The molecular formula is C21H24F3N3O2. The molecule has 2 aromatic rings. The van der Waals surface area contributed by atoms with E-state index in [1.165, 1.54) is 4.90 Å². The van der Waals surface area contributed by atoms with E-state index < -0.39 is 29.0 Å². The van der Waals surface area contributed by atoms with Crippen molar-refractivity contribution in [3.63, 3.8) is 0 Å². The van der Waals surface area contributed by atoms with Crippen LogP contribution >= 0.6 is 0 Å². The first-order chi connectivity index (χ1) is 13.6. The third-order valence-corrected chi connectivity index (χ3v) is 4.46. The summed E-state index contributed by atoms with van der Waals surface area (Å²) >= 11 is 0. The van der Waals surface area contributed by atoms with Crippen LogP contribution in [0.1, 0.15) is 16.7 Å². The zero-order valence-corrected chi connectivity index (χ0v) is 16.9. The van der Waals surface area contributed by atoms with Crippen LogP contribution in [-0.4, -0.2) is 48.8 Å². The fraction of sp³-hybridized carbons (Fsp3) is 0.333. The maximum atomic E-state index is 13.6. The van der Waals surface area contributed by atoms with E-state index in [2.05, 4.69) is 5.32 Å². The van der Waals surface area contributed by atoms with Crippen LogP contribution in [0.15, 0.2) is 30.3 Å². The van der Waals surface area contributed by atoms with Crippen molar-refractivity contribution < 1.29 is 22.8 Å². The van der Waals surface area contributed by atoms with Crippen LogP contribution in [0, 0.1) is 31.3 Å². The van der Waals surface area contributed by atoms with Crippen molar-refractivity contribution in [2.75, 3.05) is 32.5 Å². The molecule has 0 atom stereocenters. The van der Waals surface area contributed by atoms with Gasteiger partial charge in [-0.3, -0.25) is 14.5 Å². The third kappa shape index (κ3) is 6.05. The zero-order valence-electron chi connectivity index (χ0n) is 16.9. The Morgan fingerprint density at radius 1 is 0.966 bits per heavy atom. The van der Waals surface area contributed by atoms with Gasteiger partial charge in [-0.15, -0.1) is 0 Å². The van der Waals surface area contributed by atoms with Gasteiger partial charge in [-0.05, 0) is 44.2 Å². The average molecular weight is 407 g/mol. The number of aryl methyl sites for hydroxylation is 2. The van der Waals surface area contributed by atoms with E-state index in [1.54, 1.807) is 19.0 Å². The van der Waals surface area contributed by atoms with Crippen molar-refractivity contribution in [1.29, 1.82) is 0 Å². The van der Waals surface area contributed by atoms with Crippen LogP contribution in [-0.2, 0) is 16.1 Å². The average Bonchev–Trinajstić information content (AvgIpc) is 2.64. The van der Waals surface area contributed by atoms with Gasteiger partial charge in [0.25, 0.3) is 0 Å². The SMILES string of the molecule is Cc1ccc(CN(C)C(=O)CN(C)CC(=O)Nc2ccc(F)c(F)c2F)c(C)c1. The lowest BCUT2D eigenvalue weighted by atomic mass is 10.1. The normalized spacial score (nSPS) is 10.9. The van der Waals surface area contributed by atoms with E-state index in [0.29, 0.717) is 6.54 Å². The molecule has 0 aliphatic carbocycles. The summed E-state index contributed by atoms with van der Waals surface area (Å²) in [6, 6.07) is 7.66. The highest BCUT2D eigenvalue weighted by molar-refractivity contribution is 5.92. The summed E-state index contributed by atoms with van der Waals surface area (Å²) in [6.07, 6.45) is 0. The number of likely N-dealkylation sites (N-methyl/N-ethyl adjacent to an activating group) is 2. The van der Waals surface area contributed by atoms with E-state index >= 15 is 0 Å². The van der Waals surface area contributed by atoms with Gasteiger partial charge in [-0.25, -0.2) is 13.2 Å². The summed E-state index contributed by atoms with van der Waals surface area (Å²) < 4.78 is 39.8. The molecule has 0 spiro atoms. The number of nitrogens with zero attached hydrogens (tertiary/aromatic N) is 2. The Labute approximate surface area is 168 Å². The number of halogens is 3. The molecule has 0 aromatic heterocycles. The molecule has 156 valence electrons. The lowest BCUT2D eigenvalue weighted by Gasteiger charge is -2.22. The van der Waals surface area contributed by atoms with Crippen LogP contribution in [0.4, 0.5) is 18.9 Å². The van der Waals surface area contributed by atoms with Gasteiger partial charge in [0.05, 0.1) is 18.8 Å². The van der Waals surface area contributed by atoms with Gasteiger partial charge in [-0.1, -0.05) is 23.8 Å². The monoisotopic (exact) mass is 407 g/mol. The first-order valence-corrected chi connectivity index (χ1v) is 9.00. The molecule has 0 heterocycles. The maximum Gasteiger partial charge on any atom is 0.238 e. The summed E-state index contributed by atoms with van der Waals surface area (Å²) in [7, 11) is 3.23. The first kappa shape index (κ1) is 22.4. The molecule has 2 rings (SSSR count). The number of carbonyl (C=O) groups excluding carboxylic acids is 2. The Morgan fingerprint density at radius 3 is 2.31 bits per heavy atom. The summed E-state index contributed by atoms with van der Waals surface area (Å²) in [6.45, 7) is 4.16. The highest BCUT2D eigenvalue weighted by Gasteiger charge is 2.18. The molecular weight excluding hydrogens is 383 g/mol. The van der Waals surface area contributed by atoms with E-state index in [9.17, 15) is 22.8 Å². The lowest BCUT2D eigenvalue weighted by Crippen LogP contribution is -2.39. The van der Waals surface area contributed by atoms with Crippen LogP contribution < -0.4 is 5.32 Å². The molecule has 8 heteroatoms. The highest BCUT2D eigenvalue weighted by atomic mass is 19.2. The fourth-order valence-corrected chi connectivity index (χ4v) is 2.83. The predicted molar refractivity (Wildman–Crippen MR) is 105 cm³/mol. The molecule has 2 aromatic carbocycles. The van der Waals surface area contributed by atoms with Gasteiger partial charge in [0.1, 0.15) is 0 Å². The zero-order chi connectivity index (χ0) is 21.7. The van der Waals surface area contributed by atoms with Crippen molar-refractivity contribution in [3.05, 3.63) is 64.5 Å². The molecule has 0 aliphatic heterocycles. The second-order valence-electron chi connectivity index (χ2n) is 7.12. The minimum Gasteiger partial charge on any atom is -0.340 e. The molecule has 0 saturated carbocycles. The number of anilines is 1. The van der Waals surface area contributed by atoms with Crippen LogP contribution in [0.3, 0.4) is 0 Å². The van der Waals surface area contributed by atoms with Gasteiger partial charge in [-0.2, -0.15) is 0 Å². The summed E-state index contributed by atoms with van der Waals surface area (Å²) in [5.41, 5.74) is 2.80. The van der Waals surface area contributed by atoms with E-state index in [-0.39, 0.29) is 19.0 Å². The molecule has 29 heavy (non-hydrogen) atoms. The molecule has 1 N–H and O–H groups in total. The number of benzene rings is 2. The Kier molecular flexibility index (Phi) is 7.39. The lowest BCUT2D eigenvalue weighted by molar-refractivity contribution is -0.131. The van der Waals surface area contributed by atoms with Crippen LogP contribution in [0.5, 0.6) is 0 Å². The number of rotatable bonds is 7. The van der Waals surface area contributed by atoms with Gasteiger partial charge in [0, 0.05) is 13.6 Å². The maximum absolute atomic E-state index is 13.6. The number of amides is 2. The quantitative estimate of drug-likeness (QED) is 0.717. The Hall–Kier alpha value is -2.87. The van der Waals surface area contributed by atoms with Gasteiger partial charge >= 0.3 is 0 Å². The Balaban J connectivity index is 1.89. The molecule has 0 saturated heterocycles. The van der Waals surface area contributed by atoms with Crippen molar-refractivity contribution in [3.8, 4) is 0 Å². The van der Waals surface area contributed by atoms with Gasteiger partial charge in [0.2, 0.25) is 11.8 Å². The molecule has 0 bridgehead atoms. The number of hydrogen-bond acceptors (Lipinski definition) is 3. The highest BCUT2D eigenvalue weighted by Crippen LogP contribution is 2.19. The standard InChI is InChI=1S/C21H24F3N3O2/c1-13-5-6-15(14(2)9-13)10-27(4)19(29)12-26(3)11-18(28)25-17-8-7-16(22)20(23)21(17)24/h5-9H,10-12H2,1-4H3,(H,25,28). The predicted octanol–water partition coefficient (Wildman–Crippen LogP) is 3.25. The fourth-order valence-electron chi connectivity index (χ4n) is 2.83. The Bertz CT molecular complexity index is 918. The van der Waals surface area contributed by atoms with Crippen molar-refractivity contribution >= 4 is 17.5 Å². The number of hydrogen-bond donors (Lipinski definition) is 1. The molecule has 2 amide bonds. The third-order valence-electron chi connectivity index (χ3n) is 4.46. The van der Waals surface area contributed by atoms with Crippen molar-refractivity contribution in [2.24, 2.45) is 0 Å². The molecule has 0 unspecified atom stereocenters. The molecule has 0 radical (unpaired) electrons. The molecule has 0 aliphatic rings. The summed E-state index contributed by atoms with van der Waals surface area (Å²) in [5, 5.41) is 2.18. The van der Waals surface area contributed by atoms with E-state index in [0.717, 1.165) is 28.8 Å². The smallest absolute Gasteiger partial charge is 0.238 e. The second kappa shape index (κ2) is 9.56. The molecule has 0 fully saturated rings. The van der Waals surface area contributed by atoms with Crippen LogP contribution in [0.2, 0.25) is 0 Å². The number of carbonyl (C=O) groups is 2. The first-order valence-electron chi connectivity index (χ1n) is 9.00. The topological polar surface area (TPSA) is 52.7 Å². The van der Waals surface area contributed by atoms with Crippen molar-refractivity contribution in [1.82, 2.24) is 9.80 Å². The van der Waals surface area contributed by atoms with Crippen molar-refractivity contribution in [2.45, 2.75) is 20.4 Å². The largest absolute Gasteiger partial charge is 0.340 e. The van der Waals surface area contributed by atoms with Gasteiger partial charge < -0.3 is 10.2 Å². The summed E-state index contributed by atoms with van der Waals surface area (Å²) in [4.78, 5) is 27.5. The molecule has 5 nitrogen and oxygen atoms in total. The Morgan fingerprint density at radius 2 is 1.66 bits per heavy atom. The van der Waals surface area contributed by atoms with Gasteiger partial charge in [0.15, 0.2) is 17.5 Å². The minimum absolute atomic E-state index is 0.0326. The second-order valence-corrected chi connectivity index (χ2v) is 7.12. The summed E-state index contributed by atoms with van der Waals surface area (Å²) in [5.74, 6) is -5.30. The number of nitrogens with one attached hydrogen (secondary N) is 1. The van der Waals surface area contributed by atoms with E-state index in [1.807, 2.05) is 32.0 Å². The van der Waals surface area contributed by atoms with Crippen LogP contribution in [0.25, 0.3) is 0 Å². The minimum atomic E-state index is -1.65. The van der Waals surface area contributed by atoms with E-state index in [4.69, 9.17) is 0 Å².